The molecule has 0 saturated carbocycles. The van der Waals surface area contributed by atoms with E-state index in [1.165, 1.54) is 5.56 Å². The molecule has 0 aliphatic heterocycles. The maximum absolute atomic E-state index is 8.89. The minimum Gasteiger partial charge on any atom is -0.457 e. The summed E-state index contributed by atoms with van der Waals surface area (Å²) in [6.45, 7) is 4.47. The predicted octanol–water partition coefficient (Wildman–Crippen LogP) is 5.43. The van der Waals surface area contributed by atoms with Gasteiger partial charge >= 0.3 is 0 Å². The van der Waals surface area contributed by atoms with Crippen LogP contribution >= 0.6 is 15.9 Å². The van der Waals surface area contributed by atoms with E-state index in [9.17, 15) is 0 Å². The van der Waals surface area contributed by atoms with Gasteiger partial charge in [-0.15, -0.1) is 0 Å². The number of hydrogen-bond donors (Lipinski definition) is 1. The third kappa shape index (κ3) is 4.32. The van der Waals surface area contributed by atoms with Crippen LogP contribution in [0.2, 0.25) is 0 Å². The lowest BCUT2D eigenvalue weighted by Gasteiger charge is -2.13. The molecule has 0 bridgehead atoms. The van der Waals surface area contributed by atoms with Gasteiger partial charge in [-0.3, -0.25) is 0 Å². The van der Waals surface area contributed by atoms with Crippen LogP contribution in [0.1, 0.15) is 36.8 Å². The number of ether oxygens (including phenoxy) is 1. The third-order valence-corrected chi connectivity index (χ3v) is 4.55. The number of halogens is 1. The molecule has 1 N–H and O–H groups in total. The zero-order valence-corrected chi connectivity index (χ0v) is 14.1. The molecular formula is C18H21BrO2. The van der Waals surface area contributed by atoms with Crippen molar-refractivity contribution in [1.29, 1.82) is 0 Å². The molecule has 2 aromatic carbocycles. The topological polar surface area (TPSA) is 29.5 Å². The molecule has 112 valence electrons. The number of rotatable bonds is 6. The van der Waals surface area contributed by atoms with Crippen LogP contribution in [0.25, 0.3) is 0 Å². The lowest BCUT2D eigenvalue weighted by atomic mass is 9.96. The predicted molar refractivity (Wildman–Crippen MR) is 90.1 cm³/mol. The van der Waals surface area contributed by atoms with Gasteiger partial charge in [0.15, 0.2) is 0 Å². The van der Waals surface area contributed by atoms with Crippen molar-refractivity contribution in [2.45, 2.75) is 32.6 Å². The molecule has 1 unspecified atom stereocenters. The van der Waals surface area contributed by atoms with Crippen molar-refractivity contribution in [3.8, 4) is 11.5 Å². The Hall–Kier alpha value is -1.32. The molecule has 0 aromatic heterocycles. The second kappa shape index (κ2) is 7.62. The lowest BCUT2D eigenvalue weighted by molar-refractivity contribution is 0.281. The summed E-state index contributed by atoms with van der Waals surface area (Å²) in [4.78, 5) is 0. The van der Waals surface area contributed by atoms with Crippen LogP contribution < -0.4 is 4.74 Å². The van der Waals surface area contributed by atoms with Crippen LogP contribution in [-0.4, -0.2) is 11.7 Å². The van der Waals surface area contributed by atoms with E-state index in [2.05, 4.69) is 35.0 Å². The molecule has 0 fully saturated rings. The van der Waals surface area contributed by atoms with Gasteiger partial charge in [-0.25, -0.2) is 0 Å². The van der Waals surface area contributed by atoms with Gasteiger partial charge in [0.1, 0.15) is 11.5 Å². The van der Waals surface area contributed by atoms with E-state index in [0.29, 0.717) is 5.92 Å². The van der Waals surface area contributed by atoms with E-state index in [1.54, 1.807) is 0 Å². The summed E-state index contributed by atoms with van der Waals surface area (Å²) >= 11 is 3.51. The summed E-state index contributed by atoms with van der Waals surface area (Å²) < 4.78 is 6.99. The van der Waals surface area contributed by atoms with Gasteiger partial charge in [-0.2, -0.15) is 0 Å². The molecule has 2 rings (SSSR count). The SMILES string of the molecule is Cc1c(Br)cccc1Oc1ccc(C(C)CCCO)cc1. The Morgan fingerprint density at radius 2 is 1.86 bits per heavy atom. The van der Waals surface area contributed by atoms with E-state index in [-0.39, 0.29) is 6.61 Å². The number of aliphatic hydroxyl groups is 1. The molecule has 0 aliphatic carbocycles. The Balaban J connectivity index is 2.07. The van der Waals surface area contributed by atoms with E-state index in [1.807, 2.05) is 37.3 Å². The fourth-order valence-electron chi connectivity index (χ4n) is 2.25. The van der Waals surface area contributed by atoms with Gasteiger partial charge in [0, 0.05) is 16.6 Å². The summed E-state index contributed by atoms with van der Waals surface area (Å²) in [5.74, 6) is 2.17. The second-order valence-corrected chi connectivity index (χ2v) is 6.16. The molecule has 2 nitrogen and oxygen atoms in total. The van der Waals surface area contributed by atoms with Crippen molar-refractivity contribution in [1.82, 2.24) is 0 Å². The maximum Gasteiger partial charge on any atom is 0.131 e. The van der Waals surface area contributed by atoms with Crippen LogP contribution in [-0.2, 0) is 0 Å². The van der Waals surface area contributed by atoms with Crippen LogP contribution in [0.3, 0.4) is 0 Å². The van der Waals surface area contributed by atoms with Crippen molar-refractivity contribution in [3.63, 3.8) is 0 Å². The largest absolute Gasteiger partial charge is 0.457 e. The number of hydrogen-bond acceptors (Lipinski definition) is 2. The highest BCUT2D eigenvalue weighted by Crippen LogP contribution is 2.30. The molecule has 0 heterocycles. The Morgan fingerprint density at radius 3 is 2.52 bits per heavy atom. The molecular weight excluding hydrogens is 328 g/mol. The van der Waals surface area contributed by atoms with Gasteiger partial charge in [-0.1, -0.05) is 41.1 Å². The first-order valence-electron chi connectivity index (χ1n) is 7.25. The minimum atomic E-state index is 0.258. The molecule has 0 aliphatic rings. The summed E-state index contributed by atoms with van der Waals surface area (Å²) in [6.07, 6.45) is 1.85. The molecule has 0 spiro atoms. The zero-order chi connectivity index (χ0) is 15.2. The maximum atomic E-state index is 8.89. The Kier molecular flexibility index (Phi) is 5.83. The normalized spacial score (nSPS) is 12.2. The standard InChI is InChI=1S/C18H21BrO2/c1-13(5-4-12-20)15-8-10-16(11-9-15)21-18-7-3-6-17(19)14(18)2/h3,6-11,13,20H,4-5,12H2,1-2H3. The summed E-state index contributed by atoms with van der Waals surface area (Å²) in [6, 6.07) is 14.2. The van der Waals surface area contributed by atoms with Crippen LogP contribution in [0.4, 0.5) is 0 Å². The van der Waals surface area contributed by atoms with Crippen LogP contribution in [0.15, 0.2) is 46.9 Å². The average molecular weight is 349 g/mol. The molecule has 1 atom stereocenters. The van der Waals surface area contributed by atoms with E-state index in [4.69, 9.17) is 9.84 Å². The van der Waals surface area contributed by atoms with Gasteiger partial charge in [0.25, 0.3) is 0 Å². The van der Waals surface area contributed by atoms with Crippen molar-refractivity contribution in [2.24, 2.45) is 0 Å². The quantitative estimate of drug-likeness (QED) is 0.754. The van der Waals surface area contributed by atoms with Gasteiger partial charge in [0.05, 0.1) is 0 Å². The Morgan fingerprint density at radius 1 is 1.14 bits per heavy atom. The van der Waals surface area contributed by atoms with E-state index in [0.717, 1.165) is 34.4 Å². The Bertz CT molecular complexity index is 578. The molecule has 0 amide bonds. The Labute approximate surface area is 134 Å². The number of aliphatic hydroxyl groups excluding tert-OH is 1. The second-order valence-electron chi connectivity index (χ2n) is 5.30. The molecule has 2 aromatic rings. The van der Waals surface area contributed by atoms with Crippen molar-refractivity contribution in [2.75, 3.05) is 6.61 Å². The van der Waals surface area contributed by atoms with Crippen LogP contribution in [0, 0.1) is 6.92 Å². The first kappa shape index (κ1) is 16.1. The molecule has 3 heteroatoms. The fourth-order valence-corrected chi connectivity index (χ4v) is 2.60. The smallest absolute Gasteiger partial charge is 0.131 e. The zero-order valence-electron chi connectivity index (χ0n) is 12.5. The first-order valence-corrected chi connectivity index (χ1v) is 8.05. The van der Waals surface area contributed by atoms with Crippen molar-refractivity contribution in [3.05, 3.63) is 58.1 Å². The van der Waals surface area contributed by atoms with Gasteiger partial charge in [-0.05, 0) is 55.5 Å². The summed E-state index contributed by atoms with van der Waals surface area (Å²) in [5, 5.41) is 8.89. The van der Waals surface area contributed by atoms with Crippen molar-refractivity contribution < 1.29 is 9.84 Å². The molecule has 0 radical (unpaired) electrons. The molecule has 0 saturated heterocycles. The summed E-state index contributed by atoms with van der Waals surface area (Å²) in [7, 11) is 0. The third-order valence-electron chi connectivity index (χ3n) is 3.69. The number of benzene rings is 2. The summed E-state index contributed by atoms with van der Waals surface area (Å²) in [5.41, 5.74) is 2.37. The highest BCUT2D eigenvalue weighted by atomic mass is 79.9. The van der Waals surface area contributed by atoms with Crippen molar-refractivity contribution >= 4 is 15.9 Å². The molecule has 21 heavy (non-hydrogen) atoms. The lowest BCUT2D eigenvalue weighted by Crippen LogP contribution is -1.96. The first-order chi connectivity index (χ1) is 10.1. The van der Waals surface area contributed by atoms with E-state index < -0.39 is 0 Å². The average Bonchev–Trinajstić information content (AvgIpc) is 2.50. The highest BCUT2D eigenvalue weighted by molar-refractivity contribution is 9.10. The van der Waals surface area contributed by atoms with Gasteiger partial charge in [0.2, 0.25) is 0 Å². The fraction of sp³-hybridized carbons (Fsp3) is 0.333. The van der Waals surface area contributed by atoms with Gasteiger partial charge < -0.3 is 9.84 Å². The monoisotopic (exact) mass is 348 g/mol. The van der Waals surface area contributed by atoms with Crippen LogP contribution in [0.5, 0.6) is 11.5 Å². The van der Waals surface area contributed by atoms with E-state index >= 15 is 0 Å². The minimum absolute atomic E-state index is 0.258. The highest BCUT2D eigenvalue weighted by Gasteiger charge is 2.07.